The molecule has 27 heavy (non-hydrogen) atoms. The van der Waals surface area contributed by atoms with Crippen molar-refractivity contribution >= 4 is 16.8 Å². The molecule has 0 fully saturated rings. The van der Waals surface area contributed by atoms with Gasteiger partial charge in [0.05, 0.1) is 5.39 Å². The van der Waals surface area contributed by atoms with E-state index in [-0.39, 0.29) is 11.4 Å². The Morgan fingerprint density at radius 1 is 1.15 bits per heavy atom. The van der Waals surface area contributed by atoms with E-state index in [9.17, 15) is 9.59 Å². The van der Waals surface area contributed by atoms with Crippen molar-refractivity contribution in [1.82, 2.24) is 0 Å². The molecular weight excluding hydrogens is 340 g/mol. The minimum absolute atomic E-state index is 0.0854. The van der Waals surface area contributed by atoms with Gasteiger partial charge in [-0.25, -0.2) is 4.79 Å². The molecule has 1 heterocycles. The topological polar surface area (TPSA) is 56.5 Å². The van der Waals surface area contributed by atoms with Crippen molar-refractivity contribution in [3.63, 3.8) is 0 Å². The largest absolute Gasteiger partial charge is 0.482 e. The molecule has 0 amide bonds. The first-order chi connectivity index (χ1) is 13.0. The summed E-state index contributed by atoms with van der Waals surface area (Å²) in [5, 5.41) is 0.779. The number of aryl methyl sites for hydroxylation is 2. The number of carbonyl (C=O) groups excluding carboxylic acids is 1. The van der Waals surface area contributed by atoms with Gasteiger partial charge in [-0.1, -0.05) is 43.7 Å². The molecule has 2 aromatic carbocycles. The van der Waals surface area contributed by atoms with Crippen LogP contribution in [0.2, 0.25) is 0 Å². The standard InChI is InChI=1S/C23H24O4/c1-4-5-9-18-14-21(24)27-20-13-15(2)12-19(22(18)20)26-16(3)23(25)17-10-7-6-8-11-17/h6-8,10-14,16H,4-5,9H2,1-3H3/t16-/m1/s1. The average molecular weight is 364 g/mol. The Morgan fingerprint density at radius 3 is 2.59 bits per heavy atom. The van der Waals surface area contributed by atoms with Crippen LogP contribution < -0.4 is 10.4 Å². The molecule has 0 aliphatic carbocycles. The average Bonchev–Trinajstić information content (AvgIpc) is 2.65. The van der Waals surface area contributed by atoms with E-state index in [1.165, 1.54) is 6.07 Å². The maximum absolute atomic E-state index is 12.7. The summed E-state index contributed by atoms with van der Waals surface area (Å²) in [7, 11) is 0. The molecule has 1 aromatic heterocycles. The minimum Gasteiger partial charge on any atom is -0.482 e. The number of unbranched alkanes of at least 4 members (excludes halogenated alkanes) is 1. The predicted octanol–water partition coefficient (Wildman–Crippen LogP) is 5.09. The Labute approximate surface area is 158 Å². The number of ether oxygens (including phenoxy) is 1. The lowest BCUT2D eigenvalue weighted by Gasteiger charge is -2.17. The molecule has 0 spiro atoms. The molecule has 0 bridgehead atoms. The molecule has 0 N–H and O–H groups in total. The van der Waals surface area contributed by atoms with Crippen LogP contribution in [0.3, 0.4) is 0 Å². The maximum atomic E-state index is 12.7. The van der Waals surface area contributed by atoms with Gasteiger partial charge in [-0.2, -0.15) is 0 Å². The highest BCUT2D eigenvalue weighted by atomic mass is 16.5. The fourth-order valence-corrected chi connectivity index (χ4v) is 3.21. The van der Waals surface area contributed by atoms with E-state index < -0.39 is 6.10 Å². The molecule has 0 saturated carbocycles. The van der Waals surface area contributed by atoms with Crippen LogP contribution in [-0.2, 0) is 6.42 Å². The van der Waals surface area contributed by atoms with Crippen molar-refractivity contribution in [3.8, 4) is 5.75 Å². The van der Waals surface area contributed by atoms with Crippen LogP contribution in [-0.4, -0.2) is 11.9 Å². The molecule has 1 atom stereocenters. The van der Waals surface area contributed by atoms with Crippen LogP contribution in [0, 0.1) is 6.92 Å². The first-order valence-electron chi connectivity index (χ1n) is 9.33. The van der Waals surface area contributed by atoms with Gasteiger partial charge >= 0.3 is 5.63 Å². The molecule has 4 nitrogen and oxygen atoms in total. The third-order valence-electron chi connectivity index (χ3n) is 4.57. The molecule has 0 radical (unpaired) electrons. The summed E-state index contributed by atoms with van der Waals surface area (Å²) >= 11 is 0. The highest BCUT2D eigenvalue weighted by Crippen LogP contribution is 2.31. The van der Waals surface area contributed by atoms with Gasteiger partial charge in [0.15, 0.2) is 6.10 Å². The van der Waals surface area contributed by atoms with Crippen molar-refractivity contribution in [2.24, 2.45) is 0 Å². The first-order valence-corrected chi connectivity index (χ1v) is 9.33. The number of carbonyl (C=O) groups is 1. The number of benzene rings is 2. The summed E-state index contributed by atoms with van der Waals surface area (Å²) in [4.78, 5) is 24.6. The summed E-state index contributed by atoms with van der Waals surface area (Å²) in [5.41, 5.74) is 2.56. The fraction of sp³-hybridized carbons (Fsp3) is 0.304. The van der Waals surface area contributed by atoms with Gasteiger partial charge in [0.1, 0.15) is 11.3 Å². The van der Waals surface area contributed by atoms with E-state index in [1.54, 1.807) is 19.1 Å². The number of Topliss-reactive ketones (excluding diaryl/α,β-unsaturated/α-hetero) is 1. The Hall–Kier alpha value is -2.88. The van der Waals surface area contributed by atoms with Crippen LogP contribution in [0.15, 0.2) is 57.7 Å². The van der Waals surface area contributed by atoms with E-state index in [4.69, 9.17) is 9.15 Å². The van der Waals surface area contributed by atoms with Crippen molar-refractivity contribution in [2.45, 2.75) is 46.1 Å². The van der Waals surface area contributed by atoms with Gasteiger partial charge in [0.2, 0.25) is 5.78 Å². The van der Waals surface area contributed by atoms with Gasteiger partial charge in [-0.05, 0) is 49.9 Å². The second-order valence-electron chi connectivity index (χ2n) is 6.82. The normalized spacial score (nSPS) is 12.1. The van der Waals surface area contributed by atoms with Crippen molar-refractivity contribution < 1.29 is 13.9 Å². The molecule has 0 unspecified atom stereocenters. The molecule has 4 heteroatoms. The number of hydrogen-bond donors (Lipinski definition) is 0. The van der Waals surface area contributed by atoms with E-state index in [0.717, 1.165) is 35.8 Å². The highest BCUT2D eigenvalue weighted by Gasteiger charge is 2.20. The molecule has 3 aromatic rings. The van der Waals surface area contributed by atoms with Crippen LogP contribution in [0.4, 0.5) is 0 Å². The molecule has 140 valence electrons. The third-order valence-corrected chi connectivity index (χ3v) is 4.57. The zero-order valence-electron chi connectivity index (χ0n) is 16.0. The second-order valence-corrected chi connectivity index (χ2v) is 6.82. The highest BCUT2D eigenvalue weighted by molar-refractivity contribution is 5.99. The summed E-state index contributed by atoms with van der Waals surface area (Å²) < 4.78 is 11.5. The number of rotatable bonds is 7. The number of fused-ring (bicyclic) bond motifs is 1. The van der Waals surface area contributed by atoms with E-state index in [0.29, 0.717) is 16.9 Å². The third kappa shape index (κ3) is 4.27. The predicted molar refractivity (Wildman–Crippen MR) is 107 cm³/mol. The summed E-state index contributed by atoms with van der Waals surface area (Å²) in [6, 6.07) is 14.4. The Kier molecular flexibility index (Phi) is 5.75. The molecular formula is C23H24O4. The zero-order valence-corrected chi connectivity index (χ0v) is 16.0. The number of ketones is 1. The molecule has 3 rings (SSSR count). The van der Waals surface area contributed by atoms with Crippen LogP contribution in [0.1, 0.15) is 48.2 Å². The quantitative estimate of drug-likeness (QED) is 0.433. The Bertz CT molecular complexity index is 1000. The lowest BCUT2D eigenvalue weighted by molar-refractivity contribution is 0.0820. The molecule has 0 aliphatic heterocycles. The minimum atomic E-state index is -0.650. The monoisotopic (exact) mass is 364 g/mol. The van der Waals surface area contributed by atoms with Crippen molar-refractivity contribution in [3.05, 3.63) is 75.6 Å². The van der Waals surface area contributed by atoms with Crippen molar-refractivity contribution in [2.75, 3.05) is 0 Å². The van der Waals surface area contributed by atoms with Gasteiger partial charge in [0, 0.05) is 11.6 Å². The van der Waals surface area contributed by atoms with Crippen LogP contribution >= 0.6 is 0 Å². The van der Waals surface area contributed by atoms with Crippen LogP contribution in [0.5, 0.6) is 5.75 Å². The Morgan fingerprint density at radius 2 is 1.89 bits per heavy atom. The van der Waals surface area contributed by atoms with E-state index >= 15 is 0 Å². The smallest absolute Gasteiger partial charge is 0.336 e. The molecule has 0 aliphatic rings. The van der Waals surface area contributed by atoms with Gasteiger partial charge in [-0.15, -0.1) is 0 Å². The lowest BCUT2D eigenvalue weighted by Crippen LogP contribution is -2.24. The Balaban J connectivity index is 2.02. The van der Waals surface area contributed by atoms with Gasteiger partial charge in [0.25, 0.3) is 0 Å². The van der Waals surface area contributed by atoms with Crippen LogP contribution in [0.25, 0.3) is 11.0 Å². The number of hydrogen-bond acceptors (Lipinski definition) is 4. The zero-order chi connectivity index (χ0) is 19.4. The van der Waals surface area contributed by atoms with Gasteiger partial charge in [-0.3, -0.25) is 4.79 Å². The lowest BCUT2D eigenvalue weighted by atomic mass is 10.0. The first kappa shape index (κ1) is 18.9. The van der Waals surface area contributed by atoms with Gasteiger partial charge < -0.3 is 9.15 Å². The maximum Gasteiger partial charge on any atom is 0.336 e. The fourth-order valence-electron chi connectivity index (χ4n) is 3.21. The van der Waals surface area contributed by atoms with E-state index in [2.05, 4.69) is 6.92 Å². The van der Waals surface area contributed by atoms with Crippen molar-refractivity contribution in [1.29, 1.82) is 0 Å². The summed E-state index contributed by atoms with van der Waals surface area (Å²) in [6.45, 7) is 5.76. The van der Waals surface area contributed by atoms with E-state index in [1.807, 2.05) is 37.3 Å². The SMILES string of the molecule is CCCCc1cc(=O)oc2cc(C)cc(O[C@H](C)C(=O)c3ccccc3)c12. The second kappa shape index (κ2) is 8.21. The molecule has 0 saturated heterocycles. The summed E-state index contributed by atoms with van der Waals surface area (Å²) in [6.07, 6.45) is 2.10. The summed E-state index contributed by atoms with van der Waals surface area (Å²) in [5.74, 6) is 0.495.